The van der Waals surface area contributed by atoms with Gasteiger partial charge < -0.3 is 20.3 Å². The van der Waals surface area contributed by atoms with Crippen LogP contribution >= 0.6 is 12.2 Å². The maximum absolute atomic E-state index is 14.7. The lowest BCUT2D eigenvalue weighted by Crippen LogP contribution is -2.55. The van der Waals surface area contributed by atoms with Gasteiger partial charge in [0.2, 0.25) is 17.7 Å². The van der Waals surface area contributed by atoms with Crippen molar-refractivity contribution in [1.29, 1.82) is 5.26 Å². The number of hydrogen-bond acceptors (Lipinski definition) is 9. The smallest absolute Gasteiger partial charge is 0.417 e. The first-order chi connectivity index (χ1) is 28.6. The van der Waals surface area contributed by atoms with Crippen molar-refractivity contribution in [2.75, 3.05) is 40.1 Å². The number of carbonyl (C=O) groups excluding carboxylic acids is 4. The molecule has 3 N–H and O–H groups in total. The average molecular weight is 848 g/mol. The molecule has 3 aliphatic heterocycles. The average Bonchev–Trinajstić information content (AvgIpc) is 3.45. The number of imide groups is 1. The Morgan fingerprint density at radius 3 is 2.43 bits per heavy atom. The van der Waals surface area contributed by atoms with Gasteiger partial charge >= 0.3 is 6.18 Å². The minimum atomic E-state index is -4.79. The lowest BCUT2D eigenvalue weighted by atomic mass is 9.75. The first kappa shape index (κ1) is 42.5. The summed E-state index contributed by atoms with van der Waals surface area (Å²) in [7, 11) is 0. The molecule has 17 heteroatoms. The second-order valence-electron chi connectivity index (χ2n) is 15.8. The number of benzene rings is 3. The summed E-state index contributed by atoms with van der Waals surface area (Å²) in [6.07, 6.45) is 0.517. The van der Waals surface area contributed by atoms with Crippen molar-refractivity contribution in [2.24, 2.45) is 5.92 Å². The summed E-state index contributed by atoms with van der Waals surface area (Å²) in [4.78, 5) is 55.8. The van der Waals surface area contributed by atoms with Gasteiger partial charge in [0.05, 0.1) is 41.2 Å². The number of nitrogens with one attached hydrogen (secondary N) is 3. The van der Waals surface area contributed by atoms with Gasteiger partial charge in [0.15, 0.2) is 5.11 Å². The third kappa shape index (κ3) is 8.40. The van der Waals surface area contributed by atoms with E-state index in [1.807, 2.05) is 25.1 Å². The molecule has 7 rings (SSSR count). The highest BCUT2D eigenvalue weighted by Gasteiger charge is 2.59. The van der Waals surface area contributed by atoms with Crippen molar-refractivity contribution >= 4 is 63.7 Å². The SMILES string of the molecule is CCc1cc(N2C(=S)N(c3ccc(C#N)c(C(F)(F)F)c3)C(=O)C23CCC3)ccc1OCCC1CCN([C@@H](C)C(=O)Nc2cc(NC3CCC(=O)NC3=O)ccc2F)CC1. The van der Waals surface area contributed by atoms with Crippen LogP contribution in [0.15, 0.2) is 54.6 Å². The number of anilines is 4. The molecule has 2 atom stereocenters. The standard InChI is InChI=1S/C43H45F4N7O5S/c1-3-27-21-31(54-41(60)53(40(58)42(54)16-4-17-42)30-7-5-28(24-48)32(23-30)43(45,46)47)8-11-36(27)59-20-15-26-13-18-52(19-14-26)25(2)38(56)50-35-22-29(6-9-33(35)44)49-34-10-12-37(55)51-39(34)57/h5-9,11,21-23,25-26,34,49H,3-4,10,12-20H2,1-2H3,(H,50,56)(H,51,55,57)/t25-,34?/m0/s1. The van der Waals surface area contributed by atoms with Gasteiger partial charge in [0.25, 0.3) is 5.91 Å². The molecule has 4 amide bonds. The maximum atomic E-state index is 14.7. The van der Waals surface area contributed by atoms with Crippen molar-refractivity contribution in [2.45, 2.75) is 95.4 Å². The molecule has 3 heterocycles. The number of likely N-dealkylation sites (tertiary alicyclic amines) is 1. The summed E-state index contributed by atoms with van der Waals surface area (Å²) in [5.41, 5.74) is -0.754. The zero-order chi connectivity index (χ0) is 42.9. The van der Waals surface area contributed by atoms with Crippen molar-refractivity contribution in [1.82, 2.24) is 10.2 Å². The first-order valence-corrected chi connectivity index (χ1v) is 20.5. The van der Waals surface area contributed by atoms with Crippen LogP contribution in [0.4, 0.5) is 40.3 Å². The molecule has 0 radical (unpaired) electrons. The summed E-state index contributed by atoms with van der Waals surface area (Å²) < 4.78 is 62.6. The third-order valence-corrected chi connectivity index (χ3v) is 12.5. The van der Waals surface area contributed by atoms with Crippen LogP contribution in [-0.4, -0.2) is 71.0 Å². The Labute approximate surface area is 350 Å². The fourth-order valence-corrected chi connectivity index (χ4v) is 8.91. The van der Waals surface area contributed by atoms with Gasteiger partial charge in [-0.15, -0.1) is 0 Å². The van der Waals surface area contributed by atoms with Crippen molar-refractivity contribution in [3.8, 4) is 11.8 Å². The molecule has 12 nitrogen and oxygen atoms in total. The molecular weight excluding hydrogens is 803 g/mol. The number of ether oxygens (including phenoxy) is 1. The van der Waals surface area contributed by atoms with Gasteiger partial charge in [0, 0.05) is 17.8 Å². The molecular formula is C43H45F4N7O5S. The molecule has 0 bridgehead atoms. The van der Waals surface area contributed by atoms with E-state index >= 15 is 0 Å². The van der Waals surface area contributed by atoms with Gasteiger partial charge in [-0.1, -0.05) is 6.92 Å². The molecule has 1 aliphatic carbocycles. The Morgan fingerprint density at radius 2 is 1.78 bits per heavy atom. The first-order valence-electron chi connectivity index (χ1n) is 20.1. The molecule has 0 aromatic heterocycles. The van der Waals surface area contributed by atoms with E-state index < -0.39 is 52.6 Å². The molecule has 60 heavy (non-hydrogen) atoms. The van der Waals surface area contributed by atoms with Gasteiger partial charge in [0.1, 0.15) is 23.1 Å². The Kier molecular flexibility index (Phi) is 12.2. The largest absolute Gasteiger partial charge is 0.493 e. The highest BCUT2D eigenvalue weighted by molar-refractivity contribution is 7.81. The van der Waals surface area contributed by atoms with Crippen LogP contribution in [0.25, 0.3) is 0 Å². The number of amides is 4. The normalized spacial score (nSPS) is 20.1. The zero-order valence-electron chi connectivity index (χ0n) is 33.2. The number of carbonyl (C=O) groups is 4. The van der Waals surface area contributed by atoms with Crippen LogP contribution in [0.1, 0.15) is 81.9 Å². The van der Waals surface area contributed by atoms with Crippen LogP contribution < -0.4 is 30.5 Å². The predicted molar refractivity (Wildman–Crippen MR) is 220 cm³/mol. The highest BCUT2D eigenvalue weighted by atomic mass is 32.1. The van der Waals surface area contributed by atoms with E-state index in [1.54, 1.807) is 17.9 Å². The van der Waals surface area contributed by atoms with Gasteiger partial charge in [-0.25, -0.2) is 4.39 Å². The minimum absolute atomic E-state index is 0.0112. The Morgan fingerprint density at radius 1 is 1.05 bits per heavy atom. The van der Waals surface area contributed by atoms with Gasteiger partial charge in [-0.2, -0.15) is 18.4 Å². The number of nitriles is 1. The number of piperidine rings is 2. The maximum Gasteiger partial charge on any atom is 0.417 e. The van der Waals surface area contributed by atoms with E-state index in [0.29, 0.717) is 68.4 Å². The fourth-order valence-electron chi connectivity index (χ4n) is 8.44. The number of rotatable bonds is 12. The predicted octanol–water partition coefficient (Wildman–Crippen LogP) is 7.06. The van der Waals surface area contributed by atoms with Crippen LogP contribution in [0, 0.1) is 23.1 Å². The number of hydrogen-bond donors (Lipinski definition) is 3. The van der Waals surface area contributed by atoms with Gasteiger partial charge in [-0.05, 0) is 150 Å². The molecule has 1 spiro atoms. The molecule has 3 aromatic rings. The molecule has 4 fully saturated rings. The van der Waals surface area contributed by atoms with E-state index in [9.17, 15) is 42.0 Å². The zero-order valence-corrected chi connectivity index (χ0v) is 34.0. The summed E-state index contributed by atoms with van der Waals surface area (Å²) in [5.74, 6) is -1.12. The van der Waals surface area contributed by atoms with Crippen LogP contribution in [0.5, 0.6) is 5.75 Å². The van der Waals surface area contributed by atoms with Crippen LogP contribution in [-0.2, 0) is 31.8 Å². The number of thiocarbonyl (C=S) groups is 1. The van der Waals surface area contributed by atoms with E-state index in [1.165, 1.54) is 24.3 Å². The van der Waals surface area contributed by atoms with E-state index in [-0.39, 0.29) is 34.7 Å². The fraction of sp³-hybridized carbons (Fsp3) is 0.442. The quantitative estimate of drug-likeness (QED) is 0.0984. The number of aryl methyl sites for hydroxylation is 1. The highest BCUT2D eigenvalue weighted by Crippen LogP contribution is 2.49. The van der Waals surface area contributed by atoms with Crippen LogP contribution in [0.3, 0.4) is 0 Å². The number of nitrogens with zero attached hydrogens (tertiary/aromatic N) is 4. The Balaban J connectivity index is 0.930. The molecule has 4 aliphatic rings. The summed E-state index contributed by atoms with van der Waals surface area (Å²) in [5, 5.41) is 17.3. The number of halogens is 4. The molecule has 3 aromatic carbocycles. The monoisotopic (exact) mass is 847 g/mol. The van der Waals surface area contributed by atoms with Crippen molar-refractivity contribution in [3.63, 3.8) is 0 Å². The van der Waals surface area contributed by atoms with Crippen molar-refractivity contribution in [3.05, 3.63) is 77.1 Å². The van der Waals surface area contributed by atoms with E-state index in [4.69, 9.17) is 17.0 Å². The van der Waals surface area contributed by atoms with Crippen molar-refractivity contribution < 1.29 is 41.5 Å². The van der Waals surface area contributed by atoms with Crippen LogP contribution in [0.2, 0.25) is 0 Å². The lowest BCUT2D eigenvalue weighted by molar-refractivity contribution is -0.138. The molecule has 1 unspecified atom stereocenters. The second kappa shape index (κ2) is 17.2. The van der Waals surface area contributed by atoms with E-state index in [0.717, 1.165) is 48.3 Å². The molecule has 1 saturated carbocycles. The molecule has 316 valence electrons. The van der Waals surface area contributed by atoms with E-state index in [2.05, 4.69) is 20.9 Å². The summed E-state index contributed by atoms with van der Waals surface area (Å²) in [6.45, 7) is 5.55. The summed E-state index contributed by atoms with van der Waals surface area (Å²) in [6, 6.07) is 13.3. The topological polar surface area (TPSA) is 147 Å². The third-order valence-electron chi connectivity index (χ3n) is 12.1. The van der Waals surface area contributed by atoms with Gasteiger partial charge in [-0.3, -0.25) is 34.3 Å². The lowest BCUT2D eigenvalue weighted by Gasteiger charge is -2.43. The minimum Gasteiger partial charge on any atom is -0.493 e. The second-order valence-corrected chi connectivity index (χ2v) is 16.1. The Hall–Kier alpha value is -5.60. The number of alkyl halides is 3. The Bertz CT molecular complexity index is 2250. The summed E-state index contributed by atoms with van der Waals surface area (Å²) >= 11 is 5.80. The molecule has 3 saturated heterocycles.